The Labute approximate surface area is 301 Å². The molecule has 0 spiro atoms. The SMILES string of the molecule is CC1=C(C)[N+](C)=C(C)C1.Cc1ccc(C)c(C)c1.Cc1cccc(C)c1C.I[CH-]I.[CH2-]I.[CH3-].[V].[V].[V]. The van der Waals surface area contributed by atoms with E-state index in [4.69, 9.17) is 0 Å². The van der Waals surface area contributed by atoms with Gasteiger partial charge < -0.3 is 75.2 Å². The minimum Gasteiger partial charge on any atom is -0.358 e. The van der Waals surface area contributed by atoms with Crippen LogP contribution in [0.1, 0.15) is 60.6 Å². The Morgan fingerprint density at radius 2 is 1.14 bits per heavy atom. The van der Waals surface area contributed by atoms with Gasteiger partial charge in [0.2, 0.25) is 0 Å². The maximum atomic E-state index is 3.22. The third-order valence-corrected chi connectivity index (χ3v) is 5.75. The van der Waals surface area contributed by atoms with Crippen molar-refractivity contribution in [2.24, 2.45) is 0 Å². The van der Waals surface area contributed by atoms with Gasteiger partial charge in [0.05, 0.1) is 6.42 Å². The van der Waals surface area contributed by atoms with Gasteiger partial charge in [-0.2, -0.15) is 0 Å². The molecular formula is C29H44I3NV3-2. The Bertz CT molecular complexity index is 853. The summed E-state index contributed by atoms with van der Waals surface area (Å²) in [5, 5.41) is 0. The maximum absolute atomic E-state index is 3.22. The second-order valence-corrected chi connectivity index (χ2v) is 11.7. The van der Waals surface area contributed by atoms with E-state index in [0.717, 1.165) is 0 Å². The summed E-state index contributed by atoms with van der Waals surface area (Å²) in [7, 11) is 2.13. The third kappa shape index (κ3) is 21.6. The van der Waals surface area contributed by atoms with E-state index in [1.807, 2.05) is 25.0 Å². The molecule has 0 aromatic heterocycles. The number of nitrogens with zero attached hydrogens (tertiary/aromatic N) is 1. The van der Waals surface area contributed by atoms with Crippen molar-refractivity contribution in [1.29, 1.82) is 0 Å². The van der Waals surface area contributed by atoms with Gasteiger partial charge in [-0.05, 0) is 76.3 Å². The minimum atomic E-state index is 0. The Balaban J connectivity index is -0.0000000818. The van der Waals surface area contributed by atoms with Crippen LogP contribution in [0.2, 0.25) is 0 Å². The van der Waals surface area contributed by atoms with Crippen LogP contribution in [0.4, 0.5) is 0 Å². The second-order valence-electron chi connectivity index (χ2n) is 8.02. The molecule has 1 aliphatic heterocycles. The van der Waals surface area contributed by atoms with E-state index in [0.29, 0.717) is 0 Å². The van der Waals surface area contributed by atoms with Crippen molar-refractivity contribution in [1.82, 2.24) is 0 Å². The van der Waals surface area contributed by atoms with E-state index in [9.17, 15) is 0 Å². The number of allylic oxidation sites excluding steroid dienone is 2. The molecule has 2 aromatic rings. The smallest absolute Gasteiger partial charge is 0.177 e. The van der Waals surface area contributed by atoms with Gasteiger partial charge in [-0.1, -0.05) is 42.0 Å². The fourth-order valence-electron chi connectivity index (χ4n) is 2.99. The average Bonchev–Trinajstić information content (AvgIpc) is 2.97. The summed E-state index contributed by atoms with van der Waals surface area (Å²) >= 11 is 6.20. The molecule has 1 heterocycles. The van der Waals surface area contributed by atoms with Crippen LogP contribution < -0.4 is 0 Å². The van der Waals surface area contributed by atoms with Crippen molar-refractivity contribution >= 4 is 73.5 Å². The molecule has 3 radical (unpaired) electrons. The molecule has 1 nitrogen and oxygen atoms in total. The van der Waals surface area contributed by atoms with Crippen molar-refractivity contribution in [3.05, 3.63) is 95.8 Å². The molecule has 2 aromatic carbocycles. The predicted molar refractivity (Wildman–Crippen MR) is 179 cm³/mol. The number of hydrogen-bond acceptors (Lipinski definition) is 0. The molecule has 0 saturated carbocycles. The van der Waals surface area contributed by atoms with E-state index < -0.39 is 0 Å². The molecule has 0 saturated heterocycles. The molecule has 0 amide bonds. The molecule has 36 heavy (non-hydrogen) atoms. The normalized spacial score (nSPS) is 10.5. The van der Waals surface area contributed by atoms with Crippen LogP contribution in [0.25, 0.3) is 0 Å². The van der Waals surface area contributed by atoms with Crippen LogP contribution in [0.5, 0.6) is 0 Å². The summed E-state index contributed by atoms with van der Waals surface area (Å²) in [4.78, 5) is 3.22. The number of halogens is 3. The summed E-state index contributed by atoms with van der Waals surface area (Å²) < 4.78 is 4.20. The Hall–Kier alpha value is 1.79. The molecule has 0 aliphatic carbocycles. The Morgan fingerprint density at radius 3 is 1.36 bits per heavy atom. The third-order valence-electron chi connectivity index (χ3n) is 5.75. The number of aryl methyl sites for hydroxylation is 5. The molecule has 0 fully saturated rings. The first-order valence-electron chi connectivity index (χ1n) is 10.5. The van der Waals surface area contributed by atoms with Gasteiger partial charge in [-0.25, -0.2) is 7.01 Å². The summed E-state index contributed by atoms with van der Waals surface area (Å²) in [6.07, 6.45) is 1.17. The fourth-order valence-corrected chi connectivity index (χ4v) is 2.99. The number of hydrogen-bond donors (Lipinski definition) is 0. The number of rotatable bonds is 0. The van der Waals surface area contributed by atoms with Crippen LogP contribution in [-0.2, 0) is 55.7 Å². The van der Waals surface area contributed by atoms with Crippen molar-refractivity contribution in [2.45, 2.75) is 68.7 Å². The topological polar surface area (TPSA) is 3.01 Å². The average molecular weight is 940 g/mol. The van der Waals surface area contributed by atoms with Crippen LogP contribution in [0, 0.1) is 56.3 Å². The van der Waals surface area contributed by atoms with Crippen LogP contribution in [0.15, 0.2) is 47.7 Å². The molecule has 1 aliphatic rings. The van der Waals surface area contributed by atoms with E-state index >= 15 is 0 Å². The zero-order chi connectivity index (χ0) is 25.4. The Kier molecular flexibility index (Phi) is 41.9. The van der Waals surface area contributed by atoms with Gasteiger partial charge in [-0.15, -0.1) is 0 Å². The Morgan fingerprint density at radius 1 is 0.722 bits per heavy atom. The van der Waals surface area contributed by atoms with Crippen molar-refractivity contribution in [2.75, 3.05) is 7.05 Å². The van der Waals surface area contributed by atoms with Gasteiger partial charge in [-0.3, -0.25) is 4.93 Å². The van der Waals surface area contributed by atoms with Gasteiger partial charge in [0.15, 0.2) is 11.4 Å². The maximum Gasteiger partial charge on any atom is 0.177 e. The van der Waals surface area contributed by atoms with E-state index in [1.54, 1.807) is 0 Å². The zero-order valence-electron chi connectivity index (χ0n) is 23.9. The summed E-state index contributed by atoms with van der Waals surface area (Å²) in [5.74, 6) is 0. The number of benzene rings is 2. The van der Waals surface area contributed by atoms with Gasteiger partial charge in [0.25, 0.3) is 0 Å². The van der Waals surface area contributed by atoms with E-state index in [1.165, 1.54) is 56.8 Å². The summed E-state index contributed by atoms with van der Waals surface area (Å²) in [6.45, 7) is 19.4. The molecular weight excluding hydrogens is 896 g/mol. The standard InChI is InChI=1S/2C9H12.C8H14N.CHI2.CH2I.CH3.3V/c1-7-4-5-8(2)9(3)6-7;1-7-5-4-6-8(2)9(7)3;1-6-5-7(2)9(4)8(6)3;2-1-3;1-2;;;;/h2*4-6H,1-3H3;5H2,1-4H3;1H;1H2;1H3;;;/q;;+1;3*-1;;;. The fraction of sp³-hybridized carbons (Fsp3) is 0.379. The molecule has 0 atom stereocenters. The molecule has 0 N–H and O–H groups in total. The molecule has 3 rings (SSSR count). The van der Waals surface area contributed by atoms with Crippen LogP contribution >= 0.6 is 67.8 Å². The quantitative estimate of drug-likeness (QED) is 0.141. The van der Waals surface area contributed by atoms with Crippen molar-refractivity contribution in [3.8, 4) is 0 Å². The largest absolute Gasteiger partial charge is 0.358 e. The van der Waals surface area contributed by atoms with Crippen LogP contribution in [0.3, 0.4) is 0 Å². The van der Waals surface area contributed by atoms with Crippen LogP contribution in [-0.4, -0.2) is 17.3 Å². The minimum absolute atomic E-state index is 0. The predicted octanol–water partition coefficient (Wildman–Crippen LogP) is 10.6. The first-order valence-corrected chi connectivity index (χ1v) is 14.6. The molecule has 7 heteroatoms. The summed E-state index contributed by atoms with van der Waals surface area (Å²) in [5.41, 5.74) is 12.7. The first kappa shape index (κ1) is 50.6. The zero-order valence-corrected chi connectivity index (χ0v) is 34.5. The second kappa shape index (κ2) is 29.8. The molecule has 0 unspecified atom stereocenters. The van der Waals surface area contributed by atoms with Gasteiger partial charge in [0, 0.05) is 75.1 Å². The summed E-state index contributed by atoms with van der Waals surface area (Å²) in [6, 6.07) is 12.9. The van der Waals surface area contributed by atoms with Crippen molar-refractivity contribution < 1.29 is 60.2 Å². The molecule has 203 valence electrons. The van der Waals surface area contributed by atoms with E-state index in [-0.39, 0.29) is 63.1 Å². The van der Waals surface area contributed by atoms with Gasteiger partial charge in [0.1, 0.15) is 7.05 Å². The first-order chi connectivity index (χ1) is 15.0. The van der Waals surface area contributed by atoms with Crippen molar-refractivity contribution in [3.63, 3.8) is 0 Å². The van der Waals surface area contributed by atoms with E-state index in [2.05, 4.69) is 160 Å². The monoisotopic (exact) mass is 940 g/mol. The van der Waals surface area contributed by atoms with Gasteiger partial charge >= 0.3 is 0 Å². The molecule has 0 bridgehead atoms.